The number of thiocarbonyl (C=S) groups is 1. The van der Waals surface area contributed by atoms with Crippen molar-refractivity contribution in [2.24, 2.45) is 5.73 Å². The number of methoxy groups -OCH3 is 1. The maximum Gasteiger partial charge on any atom is 0.259 e. The zero-order valence-corrected chi connectivity index (χ0v) is 12.4. The Bertz CT molecular complexity index is 501. The highest BCUT2D eigenvalue weighted by molar-refractivity contribution is 7.80. The lowest BCUT2D eigenvalue weighted by atomic mass is 10.1. The van der Waals surface area contributed by atoms with E-state index in [-0.39, 0.29) is 11.9 Å². The summed E-state index contributed by atoms with van der Waals surface area (Å²) >= 11 is 4.97. The van der Waals surface area contributed by atoms with Crippen molar-refractivity contribution in [1.82, 2.24) is 9.88 Å². The fourth-order valence-corrected chi connectivity index (χ4v) is 2.76. The molecule has 1 fully saturated rings. The monoisotopic (exact) mass is 293 g/mol. The van der Waals surface area contributed by atoms with Crippen LogP contribution in [0.1, 0.15) is 36.0 Å². The molecular formula is C14H19N3O2S. The Morgan fingerprint density at radius 1 is 1.55 bits per heavy atom. The zero-order valence-electron chi connectivity index (χ0n) is 11.5. The predicted octanol–water partition coefficient (Wildman–Crippen LogP) is 1.76. The van der Waals surface area contributed by atoms with E-state index in [0.717, 1.165) is 25.7 Å². The summed E-state index contributed by atoms with van der Waals surface area (Å²) < 4.78 is 5.16. The lowest BCUT2D eigenvalue weighted by Crippen LogP contribution is -2.43. The van der Waals surface area contributed by atoms with E-state index in [1.165, 1.54) is 7.11 Å². The van der Waals surface area contributed by atoms with Crippen LogP contribution < -0.4 is 10.5 Å². The molecule has 1 aromatic heterocycles. The second-order valence-electron chi connectivity index (χ2n) is 4.90. The highest BCUT2D eigenvalue weighted by Crippen LogP contribution is 2.26. The van der Waals surface area contributed by atoms with Crippen LogP contribution in [0.4, 0.5) is 0 Å². The van der Waals surface area contributed by atoms with Gasteiger partial charge in [-0.05, 0) is 25.0 Å². The Morgan fingerprint density at radius 3 is 2.85 bits per heavy atom. The van der Waals surface area contributed by atoms with Gasteiger partial charge in [0.05, 0.1) is 18.6 Å². The van der Waals surface area contributed by atoms with Gasteiger partial charge in [-0.15, -0.1) is 0 Å². The minimum Gasteiger partial charge on any atom is -0.480 e. The number of hydrogen-bond donors (Lipinski definition) is 1. The third-order valence-electron chi connectivity index (χ3n) is 3.55. The van der Waals surface area contributed by atoms with Gasteiger partial charge in [-0.1, -0.05) is 25.1 Å². The molecule has 0 bridgehead atoms. The summed E-state index contributed by atoms with van der Waals surface area (Å²) in [7, 11) is 1.51. The molecule has 6 heteroatoms. The molecule has 0 unspecified atom stereocenters. The second-order valence-corrected chi connectivity index (χ2v) is 5.42. The Labute approximate surface area is 124 Å². The van der Waals surface area contributed by atoms with E-state index < -0.39 is 0 Å². The van der Waals surface area contributed by atoms with Crippen LogP contribution in [-0.2, 0) is 0 Å². The van der Waals surface area contributed by atoms with Crippen molar-refractivity contribution in [3.63, 3.8) is 0 Å². The molecule has 0 saturated heterocycles. The molecule has 0 spiro atoms. The van der Waals surface area contributed by atoms with Crippen LogP contribution in [0, 0.1) is 0 Å². The van der Waals surface area contributed by atoms with Gasteiger partial charge in [-0.25, -0.2) is 4.98 Å². The molecule has 108 valence electrons. The Balaban J connectivity index is 2.27. The lowest BCUT2D eigenvalue weighted by Gasteiger charge is -2.28. The quantitative estimate of drug-likeness (QED) is 0.838. The van der Waals surface area contributed by atoms with Crippen molar-refractivity contribution in [3.05, 3.63) is 23.9 Å². The van der Waals surface area contributed by atoms with Crippen LogP contribution >= 0.6 is 12.2 Å². The first-order chi connectivity index (χ1) is 9.63. The van der Waals surface area contributed by atoms with E-state index in [0.29, 0.717) is 23.0 Å². The van der Waals surface area contributed by atoms with E-state index in [1.54, 1.807) is 23.2 Å². The average Bonchev–Trinajstić information content (AvgIpc) is 2.97. The van der Waals surface area contributed by atoms with Gasteiger partial charge in [-0.3, -0.25) is 4.79 Å². The molecule has 1 saturated carbocycles. The first-order valence-corrected chi connectivity index (χ1v) is 7.12. The highest BCUT2D eigenvalue weighted by atomic mass is 32.1. The van der Waals surface area contributed by atoms with Gasteiger partial charge in [0.1, 0.15) is 5.56 Å². The molecule has 0 radical (unpaired) electrons. The number of hydrogen-bond acceptors (Lipinski definition) is 4. The molecule has 0 aliphatic heterocycles. The number of rotatable bonds is 5. The average molecular weight is 293 g/mol. The standard InChI is InChI=1S/C14H19N3O2S/c1-19-13-11(7-4-8-16-13)14(18)17(9-12(15)20)10-5-2-3-6-10/h4,7-8,10H,2-3,5-6,9H2,1H3,(H2,15,20). The molecule has 1 amide bonds. The van der Waals surface area contributed by atoms with Gasteiger partial charge < -0.3 is 15.4 Å². The Kier molecular flexibility index (Phi) is 4.89. The zero-order chi connectivity index (χ0) is 14.5. The molecule has 5 nitrogen and oxygen atoms in total. The van der Waals surface area contributed by atoms with E-state index >= 15 is 0 Å². The van der Waals surface area contributed by atoms with Crippen LogP contribution in [0.3, 0.4) is 0 Å². The van der Waals surface area contributed by atoms with Crippen LogP contribution in [0.25, 0.3) is 0 Å². The molecule has 1 aliphatic rings. The predicted molar refractivity (Wildman–Crippen MR) is 80.9 cm³/mol. The van der Waals surface area contributed by atoms with Crippen LogP contribution in [0.15, 0.2) is 18.3 Å². The van der Waals surface area contributed by atoms with E-state index in [9.17, 15) is 4.79 Å². The van der Waals surface area contributed by atoms with Crippen molar-refractivity contribution in [2.45, 2.75) is 31.7 Å². The van der Waals surface area contributed by atoms with Crippen molar-refractivity contribution >= 4 is 23.1 Å². The molecule has 1 aliphatic carbocycles. The number of aromatic nitrogens is 1. The molecule has 1 heterocycles. The van der Waals surface area contributed by atoms with Crippen LogP contribution in [-0.4, -0.2) is 40.5 Å². The number of carbonyl (C=O) groups is 1. The number of nitrogens with two attached hydrogens (primary N) is 1. The normalized spacial score (nSPS) is 15.1. The Hall–Kier alpha value is -1.69. The number of carbonyl (C=O) groups excluding carboxylic acids is 1. The summed E-state index contributed by atoms with van der Waals surface area (Å²) in [4.78, 5) is 18.9. The van der Waals surface area contributed by atoms with Gasteiger partial charge in [0.15, 0.2) is 0 Å². The molecule has 20 heavy (non-hydrogen) atoms. The van der Waals surface area contributed by atoms with Crippen molar-refractivity contribution in [3.8, 4) is 5.88 Å². The van der Waals surface area contributed by atoms with E-state index in [2.05, 4.69) is 4.98 Å². The summed E-state index contributed by atoms with van der Waals surface area (Å²) in [6.45, 7) is 0.302. The fraction of sp³-hybridized carbons (Fsp3) is 0.500. The number of ether oxygens (including phenoxy) is 1. The van der Waals surface area contributed by atoms with Gasteiger partial charge >= 0.3 is 0 Å². The number of nitrogens with zero attached hydrogens (tertiary/aromatic N) is 2. The van der Waals surface area contributed by atoms with Gasteiger partial charge in [0, 0.05) is 12.2 Å². The summed E-state index contributed by atoms with van der Waals surface area (Å²) in [6, 6.07) is 3.65. The molecule has 2 rings (SSSR count). The lowest BCUT2D eigenvalue weighted by molar-refractivity contribution is 0.0710. The molecule has 2 N–H and O–H groups in total. The van der Waals surface area contributed by atoms with Crippen LogP contribution in [0.2, 0.25) is 0 Å². The third-order valence-corrected chi connectivity index (χ3v) is 3.68. The van der Waals surface area contributed by atoms with Crippen LogP contribution in [0.5, 0.6) is 5.88 Å². The van der Waals surface area contributed by atoms with Crippen molar-refractivity contribution < 1.29 is 9.53 Å². The highest BCUT2D eigenvalue weighted by Gasteiger charge is 2.29. The molecule has 0 aromatic carbocycles. The summed E-state index contributed by atoms with van der Waals surface area (Å²) in [5.74, 6) is 0.220. The second kappa shape index (κ2) is 6.65. The molecular weight excluding hydrogens is 274 g/mol. The smallest absolute Gasteiger partial charge is 0.259 e. The molecule has 1 aromatic rings. The SMILES string of the molecule is COc1ncccc1C(=O)N(CC(N)=S)C1CCCC1. The first kappa shape index (κ1) is 14.7. The maximum atomic E-state index is 12.7. The van der Waals surface area contributed by atoms with Crippen molar-refractivity contribution in [1.29, 1.82) is 0 Å². The minimum atomic E-state index is -0.116. The summed E-state index contributed by atoms with van der Waals surface area (Å²) in [5.41, 5.74) is 6.09. The van der Waals surface area contributed by atoms with Gasteiger partial charge in [0.25, 0.3) is 5.91 Å². The first-order valence-electron chi connectivity index (χ1n) is 6.71. The largest absolute Gasteiger partial charge is 0.480 e. The van der Waals surface area contributed by atoms with E-state index in [1.807, 2.05) is 0 Å². The molecule has 0 atom stereocenters. The minimum absolute atomic E-state index is 0.116. The summed E-state index contributed by atoms with van der Waals surface area (Å²) in [6.07, 6.45) is 5.86. The van der Waals surface area contributed by atoms with Crippen molar-refractivity contribution in [2.75, 3.05) is 13.7 Å². The third kappa shape index (κ3) is 3.25. The summed E-state index contributed by atoms with van der Waals surface area (Å²) in [5, 5.41) is 0. The topological polar surface area (TPSA) is 68.5 Å². The van der Waals surface area contributed by atoms with E-state index in [4.69, 9.17) is 22.7 Å². The maximum absolute atomic E-state index is 12.7. The number of pyridine rings is 1. The van der Waals surface area contributed by atoms with Gasteiger partial charge in [0.2, 0.25) is 5.88 Å². The Morgan fingerprint density at radius 2 is 2.25 bits per heavy atom. The van der Waals surface area contributed by atoms with Gasteiger partial charge in [-0.2, -0.15) is 0 Å². The fourth-order valence-electron chi connectivity index (χ4n) is 2.62. The number of amides is 1.